The zero-order chi connectivity index (χ0) is 20.2. The maximum atomic E-state index is 12.8. The first kappa shape index (κ1) is 18.4. The van der Waals surface area contributed by atoms with E-state index in [4.69, 9.17) is 4.74 Å². The van der Waals surface area contributed by atoms with Crippen LogP contribution in [0.2, 0.25) is 0 Å². The molecule has 0 bridgehead atoms. The van der Waals surface area contributed by atoms with E-state index in [1.807, 2.05) is 61.5 Å². The van der Waals surface area contributed by atoms with Crippen LogP contribution in [0.4, 0.5) is 5.69 Å². The lowest BCUT2D eigenvalue weighted by atomic mass is 10.2. The average molecular weight is 384 g/mol. The van der Waals surface area contributed by atoms with Gasteiger partial charge in [0, 0.05) is 11.3 Å². The SMILES string of the molecule is COc1ccc(NC(=O)c2nc(-c3ccccc3)n(-c3ccccc3C)n2)cc1. The van der Waals surface area contributed by atoms with Crippen LogP contribution in [-0.4, -0.2) is 27.8 Å². The molecule has 4 aromatic rings. The van der Waals surface area contributed by atoms with Crippen molar-refractivity contribution < 1.29 is 9.53 Å². The van der Waals surface area contributed by atoms with Gasteiger partial charge in [-0.3, -0.25) is 4.79 Å². The number of amides is 1. The largest absolute Gasteiger partial charge is 0.497 e. The molecule has 0 unspecified atom stereocenters. The fraction of sp³-hybridized carbons (Fsp3) is 0.0870. The Morgan fingerprint density at radius 2 is 1.62 bits per heavy atom. The summed E-state index contributed by atoms with van der Waals surface area (Å²) >= 11 is 0. The number of ether oxygens (including phenoxy) is 1. The van der Waals surface area contributed by atoms with Gasteiger partial charge in [-0.25, -0.2) is 9.67 Å². The molecule has 1 amide bonds. The molecule has 3 aromatic carbocycles. The second-order valence-corrected chi connectivity index (χ2v) is 6.51. The number of nitrogens with zero attached hydrogens (tertiary/aromatic N) is 3. The van der Waals surface area contributed by atoms with Crippen molar-refractivity contribution in [3.8, 4) is 22.8 Å². The Balaban J connectivity index is 1.72. The van der Waals surface area contributed by atoms with E-state index in [9.17, 15) is 4.79 Å². The van der Waals surface area contributed by atoms with Crippen LogP contribution in [0.5, 0.6) is 5.75 Å². The second kappa shape index (κ2) is 7.98. The van der Waals surface area contributed by atoms with E-state index < -0.39 is 0 Å². The molecule has 1 N–H and O–H groups in total. The maximum absolute atomic E-state index is 12.8. The highest BCUT2D eigenvalue weighted by atomic mass is 16.5. The van der Waals surface area contributed by atoms with E-state index in [0.717, 1.165) is 22.6 Å². The molecule has 144 valence electrons. The maximum Gasteiger partial charge on any atom is 0.295 e. The molecule has 6 nitrogen and oxygen atoms in total. The number of anilines is 1. The number of hydrogen-bond acceptors (Lipinski definition) is 4. The molecule has 0 radical (unpaired) electrons. The summed E-state index contributed by atoms with van der Waals surface area (Å²) in [4.78, 5) is 17.3. The van der Waals surface area contributed by atoms with Crippen LogP contribution >= 0.6 is 0 Å². The van der Waals surface area contributed by atoms with Crippen LogP contribution in [0.15, 0.2) is 78.9 Å². The molecule has 0 fully saturated rings. The predicted molar refractivity (Wildman–Crippen MR) is 112 cm³/mol. The molecule has 0 spiro atoms. The third kappa shape index (κ3) is 3.87. The first-order valence-electron chi connectivity index (χ1n) is 9.19. The van der Waals surface area contributed by atoms with Crippen LogP contribution in [0.1, 0.15) is 16.2 Å². The standard InChI is InChI=1S/C23H20N4O2/c1-16-8-6-7-11-20(16)27-22(17-9-4-3-5-10-17)25-21(26-27)23(28)24-18-12-14-19(29-2)15-13-18/h3-15H,1-2H3,(H,24,28). The Kier molecular flexibility index (Phi) is 5.07. The van der Waals surface area contributed by atoms with E-state index in [-0.39, 0.29) is 11.7 Å². The molecule has 0 aliphatic carbocycles. The third-order valence-electron chi connectivity index (χ3n) is 4.53. The summed E-state index contributed by atoms with van der Waals surface area (Å²) in [6.07, 6.45) is 0. The summed E-state index contributed by atoms with van der Waals surface area (Å²) in [7, 11) is 1.60. The third-order valence-corrected chi connectivity index (χ3v) is 4.53. The Hall–Kier alpha value is -3.93. The highest BCUT2D eigenvalue weighted by molar-refractivity contribution is 6.01. The molecule has 1 heterocycles. The van der Waals surface area contributed by atoms with Gasteiger partial charge in [-0.1, -0.05) is 48.5 Å². The van der Waals surface area contributed by atoms with Crippen molar-refractivity contribution in [2.24, 2.45) is 0 Å². The topological polar surface area (TPSA) is 69.0 Å². The number of aryl methyl sites for hydroxylation is 1. The summed E-state index contributed by atoms with van der Waals surface area (Å²) in [5.41, 5.74) is 3.44. The second-order valence-electron chi connectivity index (χ2n) is 6.51. The van der Waals surface area contributed by atoms with Crippen LogP contribution in [0, 0.1) is 6.92 Å². The van der Waals surface area contributed by atoms with Gasteiger partial charge in [0.25, 0.3) is 5.91 Å². The Bertz CT molecular complexity index is 1140. The van der Waals surface area contributed by atoms with Gasteiger partial charge in [-0.05, 0) is 42.8 Å². The number of benzene rings is 3. The number of aromatic nitrogens is 3. The number of rotatable bonds is 5. The molecule has 0 saturated carbocycles. The zero-order valence-corrected chi connectivity index (χ0v) is 16.2. The Morgan fingerprint density at radius 1 is 0.931 bits per heavy atom. The van der Waals surface area contributed by atoms with Gasteiger partial charge >= 0.3 is 0 Å². The fourth-order valence-electron chi connectivity index (χ4n) is 3.01. The molecule has 0 aliphatic rings. The van der Waals surface area contributed by atoms with E-state index in [0.29, 0.717) is 11.5 Å². The van der Waals surface area contributed by atoms with Gasteiger partial charge in [-0.15, -0.1) is 5.10 Å². The molecular formula is C23H20N4O2. The van der Waals surface area contributed by atoms with Gasteiger partial charge in [0.05, 0.1) is 12.8 Å². The van der Waals surface area contributed by atoms with Gasteiger partial charge in [0.1, 0.15) is 5.75 Å². The summed E-state index contributed by atoms with van der Waals surface area (Å²) in [5, 5.41) is 7.35. The van der Waals surface area contributed by atoms with E-state index in [2.05, 4.69) is 15.4 Å². The van der Waals surface area contributed by atoms with Crippen molar-refractivity contribution in [1.29, 1.82) is 0 Å². The molecule has 4 rings (SSSR count). The van der Waals surface area contributed by atoms with Crippen LogP contribution in [0.3, 0.4) is 0 Å². The molecule has 0 atom stereocenters. The quantitative estimate of drug-likeness (QED) is 0.550. The molecule has 0 aliphatic heterocycles. The van der Waals surface area contributed by atoms with Crippen LogP contribution in [-0.2, 0) is 0 Å². The Labute approximate surface area is 168 Å². The van der Waals surface area contributed by atoms with Crippen molar-refractivity contribution >= 4 is 11.6 Å². The van der Waals surface area contributed by atoms with Crippen molar-refractivity contribution in [3.05, 3.63) is 90.3 Å². The first-order chi connectivity index (χ1) is 14.2. The van der Waals surface area contributed by atoms with E-state index in [1.165, 1.54) is 0 Å². The highest BCUT2D eigenvalue weighted by Gasteiger charge is 2.19. The number of nitrogens with one attached hydrogen (secondary N) is 1. The summed E-state index contributed by atoms with van der Waals surface area (Å²) in [6, 6.07) is 24.7. The lowest BCUT2D eigenvalue weighted by Crippen LogP contribution is -2.14. The number of methoxy groups -OCH3 is 1. The molecule has 6 heteroatoms. The Morgan fingerprint density at radius 3 is 2.31 bits per heavy atom. The lowest BCUT2D eigenvalue weighted by Gasteiger charge is -2.08. The highest BCUT2D eigenvalue weighted by Crippen LogP contribution is 2.23. The first-order valence-corrected chi connectivity index (χ1v) is 9.19. The average Bonchev–Trinajstić information content (AvgIpc) is 3.21. The van der Waals surface area contributed by atoms with Gasteiger partial charge in [-0.2, -0.15) is 0 Å². The molecular weight excluding hydrogens is 364 g/mol. The van der Waals surface area contributed by atoms with Gasteiger partial charge in [0.2, 0.25) is 5.82 Å². The summed E-state index contributed by atoms with van der Waals surface area (Å²) in [6.45, 7) is 2.00. The van der Waals surface area contributed by atoms with Crippen molar-refractivity contribution in [1.82, 2.24) is 14.8 Å². The number of carbonyl (C=O) groups is 1. The predicted octanol–water partition coefficient (Wildman–Crippen LogP) is 4.50. The monoisotopic (exact) mass is 384 g/mol. The van der Waals surface area contributed by atoms with Gasteiger partial charge in [0.15, 0.2) is 5.82 Å². The van der Waals surface area contributed by atoms with E-state index in [1.54, 1.807) is 36.1 Å². The fourth-order valence-corrected chi connectivity index (χ4v) is 3.01. The van der Waals surface area contributed by atoms with Crippen molar-refractivity contribution in [2.45, 2.75) is 6.92 Å². The number of hydrogen-bond donors (Lipinski definition) is 1. The minimum Gasteiger partial charge on any atom is -0.497 e. The number of carbonyl (C=O) groups excluding carboxylic acids is 1. The van der Waals surface area contributed by atoms with E-state index >= 15 is 0 Å². The normalized spacial score (nSPS) is 10.6. The minimum absolute atomic E-state index is 0.0999. The van der Waals surface area contributed by atoms with Crippen molar-refractivity contribution in [3.63, 3.8) is 0 Å². The van der Waals surface area contributed by atoms with Gasteiger partial charge < -0.3 is 10.1 Å². The van der Waals surface area contributed by atoms with Crippen LogP contribution < -0.4 is 10.1 Å². The minimum atomic E-state index is -0.375. The summed E-state index contributed by atoms with van der Waals surface area (Å²) in [5.74, 6) is 1.05. The lowest BCUT2D eigenvalue weighted by molar-refractivity contribution is 0.101. The number of para-hydroxylation sites is 1. The molecule has 1 aromatic heterocycles. The summed E-state index contributed by atoms with van der Waals surface area (Å²) < 4.78 is 6.86. The smallest absolute Gasteiger partial charge is 0.295 e. The van der Waals surface area contributed by atoms with Crippen LogP contribution in [0.25, 0.3) is 17.1 Å². The molecule has 0 saturated heterocycles. The van der Waals surface area contributed by atoms with Crippen molar-refractivity contribution in [2.75, 3.05) is 12.4 Å². The molecule has 29 heavy (non-hydrogen) atoms. The zero-order valence-electron chi connectivity index (χ0n) is 16.2.